The monoisotopic (exact) mass is 193 g/mol. The number of H-pyrrole nitrogens is 1. The summed E-state index contributed by atoms with van der Waals surface area (Å²) in [4.78, 5) is 17.7. The molecule has 0 saturated carbocycles. The molecule has 1 atom stereocenters. The normalized spacial score (nSPS) is 17.8. The zero-order valence-corrected chi connectivity index (χ0v) is 7.53. The van der Waals surface area contributed by atoms with Crippen molar-refractivity contribution in [3.63, 3.8) is 0 Å². The number of carbonyl (C=O) groups is 1. The first-order valence-corrected chi connectivity index (χ1v) is 4.34. The molecule has 6 nitrogen and oxygen atoms in total. The summed E-state index contributed by atoms with van der Waals surface area (Å²) in [6.07, 6.45) is 4.23. The molecule has 0 spiro atoms. The number of carbonyl (C=O) groups excluding carboxylic acids is 1. The van der Waals surface area contributed by atoms with Crippen molar-refractivity contribution in [1.29, 1.82) is 0 Å². The van der Waals surface area contributed by atoms with Gasteiger partial charge in [-0.15, -0.1) is 0 Å². The van der Waals surface area contributed by atoms with Gasteiger partial charge < -0.3 is 10.7 Å². The number of aromatic amines is 1. The van der Waals surface area contributed by atoms with E-state index in [2.05, 4.69) is 20.5 Å². The third kappa shape index (κ3) is 1.80. The topological polar surface area (TPSA) is 96.2 Å². The van der Waals surface area contributed by atoms with Gasteiger partial charge in [-0.2, -0.15) is 5.10 Å². The van der Waals surface area contributed by atoms with Gasteiger partial charge in [-0.25, -0.2) is 10.4 Å². The van der Waals surface area contributed by atoms with Crippen molar-refractivity contribution < 1.29 is 4.79 Å². The van der Waals surface area contributed by atoms with E-state index in [0.29, 0.717) is 18.6 Å². The molecule has 0 saturated heterocycles. The van der Waals surface area contributed by atoms with Gasteiger partial charge in [-0.1, -0.05) is 0 Å². The highest BCUT2D eigenvalue weighted by molar-refractivity contribution is 6.07. The lowest BCUT2D eigenvalue weighted by Gasteiger charge is -2.07. The van der Waals surface area contributed by atoms with Gasteiger partial charge in [0.2, 0.25) is 5.91 Å². The van der Waals surface area contributed by atoms with E-state index in [-0.39, 0.29) is 11.9 Å². The number of imidazole rings is 1. The molecule has 2 rings (SSSR count). The molecule has 14 heavy (non-hydrogen) atoms. The van der Waals surface area contributed by atoms with Gasteiger partial charge in [0, 0.05) is 18.3 Å². The molecule has 0 aliphatic carbocycles. The van der Waals surface area contributed by atoms with Crippen molar-refractivity contribution in [2.45, 2.75) is 18.9 Å². The van der Waals surface area contributed by atoms with E-state index < -0.39 is 0 Å². The highest BCUT2D eigenvalue weighted by Gasteiger charge is 2.20. The minimum Gasteiger partial charge on any atom is -0.348 e. The van der Waals surface area contributed by atoms with Crippen LogP contribution in [0.25, 0.3) is 0 Å². The number of hydrogen-bond donors (Lipinski definition) is 3. The molecule has 2 heterocycles. The van der Waals surface area contributed by atoms with Crippen LogP contribution < -0.4 is 11.2 Å². The number of hydrazone groups is 1. The SMILES string of the molecule is N[C@@H](Cc1cnc[nH]1)C1=NNC(=O)C1. The van der Waals surface area contributed by atoms with Gasteiger partial charge >= 0.3 is 0 Å². The summed E-state index contributed by atoms with van der Waals surface area (Å²) in [6.45, 7) is 0. The zero-order valence-electron chi connectivity index (χ0n) is 7.53. The van der Waals surface area contributed by atoms with Crippen molar-refractivity contribution in [1.82, 2.24) is 15.4 Å². The van der Waals surface area contributed by atoms with Gasteiger partial charge in [-0.05, 0) is 0 Å². The molecular formula is C8H11N5O. The molecule has 1 amide bonds. The number of amides is 1. The maximum Gasteiger partial charge on any atom is 0.245 e. The van der Waals surface area contributed by atoms with Crippen molar-refractivity contribution in [2.75, 3.05) is 0 Å². The van der Waals surface area contributed by atoms with Crippen LogP contribution in [0.15, 0.2) is 17.6 Å². The Balaban J connectivity index is 1.96. The van der Waals surface area contributed by atoms with Crippen LogP contribution in [0.2, 0.25) is 0 Å². The van der Waals surface area contributed by atoms with Crippen LogP contribution in [0.3, 0.4) is 0 Å². The van der Waals surface area contributed by atoms with Crippen LogP contribution in [0.5, 0.6) is 0 Å². The minimum absolute atomic E-state index is 0.0972. The predicted molar refractivity (Wildman–Crippen MR) is 50.5 cm³/mol. The molecule has 0 radical (unpaired) electrons. The predicted octanol–water partition coefficient (Wildman–Crippen LogP) is -0.845. The van der Waals surface area contributed by atoms with Crippen molar-refractivity contribution in [3.05, 3.63) is 18.2 Å². The molecule has 6 heteroatoms. The molecule has 0 bridgehead atoms. The quantitative estimate of drug-likeness (QED) is 0.583. The average Bonchev–Trinajstić information content (AvgIpc) is 2.75. The summed E-state index contributed by atoms with van der Waals surface area (Å²) in [5.74, 6) is -0.0972. The molecule has 1 aliphatic heterocycles. The van der Waals surface area contributed by atoms with E-state index in [9.17, 15) is 4.79 Å². The Morgan fingerprint density at radius 3 is 3.07 bits per heavy atom. The first kappa shape index (κ1) is 8.89. The summed E-state index contributed by atoms with van der Waals surface area (Å²) in [7, 11) is 0. The Morgan fingerprint density at radius 1 is 1.64 bits per heavy atom. The van der Waals surface area contributed by atoms with E-state index >= 15 is 0 Å². The highest BCUT2D eigenvalue weighted by Crippen LogP contribution is 2.04. The Morgan fingerprint density at radius 2 is 2.50 bits per heavy atom. The zero-order chi connectivity index (χ0) is 9.97. The maximum absolute atomic E-state index is 10.9. The van der Waals surface area contributed by atoms with E-state index in [1.165, 1.54) is 0 Å². The first-order chi connectivity index (χ1) is 6.75. The number of hydrogen-bond acceptors (Lipinski definition) is 4. The van der Waals surface area contributed by atoms with Crippen LogP contribution in [0.4, 0.5) is 0 Å². The Bertz CT molecular complexity index is 356. The van der Waals surface area contributed by atoms with E-state index in [4.69, 9.17) is 5.73 Å². The first-order valence-electron chi connectivity index (χ1n) is 4.34. The molecule has 74 valence electrons. The molecular weight excluding hydrogens is 182 g/mol. The van der Waals surface area contributed by atoms with E-state index in [1.807, 2.05) is 0 Å². The van der Waals surface area contributed by atoms with Crippen molar-refractivity contribution in [2.24, 2.45) is 10.8 Å². The molecule has 0 aromatic carbocycles. The molecule has 1 aromatic rings. The standard InChI is InChI=1S/C8H11N5O/c9-6(1-5-3-10-4-11-5)7-2-8(14)13-12-7/h3-4,6H,1-2,9H2,(H,10,11)(H,13,14)/t6-/m0/s1. The third-order valence-electron chi connectivity index (χ3n) is 2.09. The lowest BCUT2D eigenvalue weighted by atomic mass is 10.1. The highest BCUT2D eigenvalue weighted by atomic mass is 16.2. The second-order valence-corrected chi connectivity index (χ2v) is 3.20. The van der Waals surface area contributed by atoms with Crippen LogP contribution in [-0.2, 0) is 11.2 Å². The Labute approximate surface area is 80.6 Å². The minimum atomic E-state index is -0.227. The summed E-state index contributed by atoms with van der Waals surface area (Å²) in [5.41, 5.74) is 9.88. The summed E-state index contributed by atoms with van der Waals surface area (Å²) in [6, 6.07) is -0.227. The fraction of sp³-hybridized carbons (Fsp3) is 0.375. The van der Waals surface area contributed by atoms with Gasteiger partial charge in [0.15, 0.2) is 0 Å². The molecule has 1 aromatic heterocycles. The fourth-order valence-corrected chi connectivity index (χ4v) is 1.34. The number of nitrogens with zero attached hydrogens (tertiary/aromatic N) is 2. The summed E-state index contributed by atoms with van der Waals surface area (Å²) in [5, 5.41) is 3.85. The number of rotatable bonds is 3. The Hall–Kier alpha value is -1.69. The number of nitrogens with one attached hydrogen (secondary N) is 2. The van der Waals surface area contributed by atoms with Gasteiger partial charge in [0.1, 0.15) is 0 Å². The number of aromatic nitrogens is 2. The van der Waals surface area contributed by atoms with Crippen LogP contribution >= 0.6 is 0 Å². The van der Waals surface area contributed by atoms with Gasteiger partial charge in [0.05, 0.1) is 24.5 Å². The van der Waals surface area contributed by atoms with Crippen molar-refractivity contribution in [3.8, 4) is 0 Å². The lowest BCUT2D eigenvalue weighted by Crippen LogP contribution is -2.32. The molecule has 4 N–H and O–H groups in total. The van der Waals surface area contributed by atoms with Crippen LogP contribution in [0.1, 0.15) is 12.1 Å². The largest absolute Gasteiger partial charge is 0.348 e. The van der Waals surface area contributed by atoms with E-state index in [1.54, 1.807) is 12.5 Å². The van der Waals surface area contributed by atoms with E-state index in [0.717, 1.165) is 5.69 Å². The van der Waals surface area contributed by atoms with Gasteiger partial charge in [-0.3, -0.25) is 4.79 Å². The summed E-state index contributed by atoms with van der Waals surface area (Å²) >= 11 is 0. The maximum atomic E-state index is 10.9. The number of nitrogens with two attached hydrogens (primary N) is 1. The van der Waals surface area contributed by atoms with Crippen LogP contribution in [0, 0.1) is 0 Å². The molecule has 1 aliphatic rings. The summed E-state index contributed by atoms with van der Waals surface area (Å²) < 4.78 is 0. The fourth-order valence-electron chi connectivity index (χ4n) is 1.34. The Kier molecular flexibility index (Phi) is 2.28. The van der Waals surface area contributed by atoms with Crippen LogP contribution in [-0.4, -0.2) is 27.6 Å². The molecule has 0 fully saturated rings. The second-order valence-electron chi connectivity index (χ2n) is 3.20. The third-order valence-corrected chi connectivity index (χ3v) is 2.09. The smallest absolute Gasteiger partial charge is 0.245 e. The van der Waals surface area contributed by atoms with Gasteiger partial charge in [0.25, 0.3) is 0 Å². The molecule has 0 unspecified atom stereocenters. The lowest BCUT2D eigenvalue weighted by molar-refractivity contribution is -0.119. The average molecular weight is 193 g/mol. The van der Waals surface area contributed by atoms with Crippen molar-refractivity contribution >= 4 is 11.6 Å². The second kappa shape index (κ2) is 3.59.